The molecule has 0 aliphatic carbocycles. The predicted octanol–water partition coefficient (Wildman–Crippen LogP) is 3.76. The Kier molecular flexibility index (Phi) is 6.48. The van der Waals surface area contributed by atoms with E-state index in [4.69, 9.17) is 0 Å². The van der Waals surface area contributed by atoms with Gasteiger partial charge >= 0.3 is 0 Å². The summed E-state index contributed by atoms with van der Waals surface area (Å²) in [5, 5.41) is 0. The molecule has 1 unspecified atom stereocenters. The molecule has 0 bridgehead atoms. The Morgan fingerprint density at radius 1 is 1.00 bits per heavy atom. The van der Waals surface area contributed by atoms with Crippen LogP contribution in [0.3, 0.4) is 0 Å². The molecule has 0 saturated carbocycles. The monoisotopic (exact) mass is 260 g/mol. The smallest absolute Gasteiger partial charge is 0.136 e. The predicted molar refractivity (Wildman–Crippen MR) is 78.2 cm³/mol. The summed E-state index contributed by atoms with van der Waals surface area (Å²) in [6.07, 6.45) is 3.77. The van der Waals surface area contributed by atoms with E-state index in [9.17, 15) is 9.59 Å². The van der Waals surface area contributed by atoms with E-state index in [0.717, 1.165) is 19.3 Å². The minimum absolute atomic E-state index is 0.176. The highest BCUT2D eigenvalue weighted by molar-refractivity contribution is 5.80. The average Bonchev–Trinajstić information content (AvgIpc) is 2.42. The van der Waals surface area contributed by atoms with Gasteiger partial charge in [-0.05, 0) is 37.3 Å². The van der Waals surface area contributed by atoms with E-state index in [1.165, 1.54) is 11.1 Å². The SMILES string of the molecule is CCC(C)C(=O)CCc1ccc(CCC(C)=O)cc1. The zero-order valence-corrected chi connectivity index (χ0v) is 12.2. The molecule has 1 aromatic carbocycles. The fourth-order valence-corrected chi connectivity index (χ4v) is 1.93. The van der Waals surface area contributed by atoms with Crippen molar-refractivity contribution in [2.45, 2.75) is 52.9 Å². The molecule has 0 aromatic heterocycles. The van der Waals surface area contributed by atoms with Crippen molar-refractivity contribution in [1.29, 1.82) is 0 Å². The molecular formula is C17H24O2. The number of benzene rings is 1. The molecule has 0 heterocycles. The topological polar surface area (TPSA) is 34.1 Å². The molecule has 0 amide bonds. The third-order valence-corrected chi connectivity index (χ3v) is 3.61. The van der Waals surface area contributed by atoms with Crippen LogP contribution in [0, 0.1) is 5.92 Å². The molecule has 0 radical (unpaired) electrons. The summed E-state index contributed by atoms with van der Waals surface area (Å²) in [6, 6.07) is 8.26. The van der Waals surface area contributed by atoms with Crippen LogP contribution < -0.4 is 0 Å². The maximum Gasteiger partial charge on any atom is 0.136 e. The van der Waals surface area contributed by atoms with Crippen LogP contribution in [0.4, 0.5) is 0 Å². The molecule has 2 heteroatoms. The van der Waals surface area contributed by atoms with Gasteiger partial charge in [0, 0.05) is 18.8 Å². The van der Waals surface area contributed by atoms with Crippen molar-refractivity contribution in [3.63, 3.8) is 0 Å². The summed E-state index contributed by atoms with van der Waals surface area (Å²) in [5.41, 5.74) is 2.38. The van der Waals surface area contributed by atoms with E-state index in [-0.39, 0.29) is 11.7 Å². The molecule has 0 saturated heterocycles. The number of Topliss-reactive ketones (excluding diaryl/α,β-unsaturated/α-hetero) is 2. The van der Waals surface area contributed by atoms with Gasteiger partial charge < -0.3 is 4.79 Å². The Bertz CT molecular complexity index is 417. The first-order chi connectivity index (χ1) is 9.02. The number of carbonyl (C=O) groups excluding carboxylic acids is 2. The van der Waals surface area contributed by atoms with Crippen molar-refractivity contribution >= 4 is 11.6 Å². The van der Waals surface area contributed by atoms with Crippen LogP contribution in [0.25, 0.3) is 0 Å². The van der Waals surface area contributed by atoms with Crippen molar-refractivity contribution < 1.29 is 9.59 Å². The van der Waals surface area contributed by atoms with Crippen LogP contribution in [-0.2, 0) is 22.4 Å². The standard InChI is InChI=1S/C17H24O2/c1-4-13(2)17(19)12-11-16-9-7-15(8-10-16)6-5-14(3)18/h7-10,13H,4-6,11-12H2,1-3H3. The molecule has 1 atom stereocenters. The molecule has 2 nitrogen and oxygen atoms in total. The molecule has 104 valence electrons. The van der Waals surface area contributed by atoms with E-state index >= 15 is 0 Å². The van der Waals surface area contributed by atoms with Crippen LogP contribution in [0.5, 0.6) is 0 Å². The number of carbonyl (C=O) groups is 2. The van der Waals surface area contributed by atoms with Crippen LogP contribution in [0.2, 0.25) is 0 Å². The van der Waals surface area contributed by atoms with Gasteiger partial charge in [0.05, 0.1) is 0 Å². The molecule has 0 aliphatic heterocycles. The second-order valence-corrected chi connectivity index (χ2v) is 5.29. The Morgan fingerprint density at radius 3 is 1.89 bits per heavy atom. The van der Waals surface area contributed by atoms with Crippen LogP contribution >= 0.6 is 0 Å². The summed E-state index contributed by atoms with van der Waals surface area (Å²) in [5.74, 6) is 0.751. The maximum atomic E-state index is 11.8. The van der Waals surface area contributed by atoms with Crippen LogP contribution in [-0.4, -0.2) is 11.6 Å². The number of rotatable bonds is 8. The summed E-state index contributed by atoms with van der Waals surface area (Å²) in [4.78, 5) is 22.7. The number of hydrogen-bond donors (Lipinski definition) is 0. The lowest BCUT2D eigenvalue weighted by molar-refractivity contribution is -0.122. The highest BCUT2D eigenvalue weighted by atomic mass is 16.1. The van der Waals surface area contributed by atoms with Crippen molar-refractivity contribution in [2.75, 3.05) is 0 Å². The Labute approximate surface area is 116 Å². The first-order valence-electron chi connectivity index (χ1n) is 7.13. The molecule has 0 fully saturated rings. The van der Waals surface area contributed by atoms with Crippen LogP contribution in [0.1, 0.15) is 51.2 Å². The van der Waals surface area contributed by atoms with Gasteiger partial charge in [-0.25, -0.2) is 0 Å². The first kappa shape index (κ1) is 15.6. The van der Waals surface area contributed by atoms with Crippen molar-refractivity contribution in [2.24, 2.45) is 5.92 Å². The molecule has 19 heavy (non-hydrogen) atoms. The van der Waals surface area contributed by atoms with Gasteiger partial charge in [0.25, 0.3) is 0 Å². The highest BCUT2D eigenvalue weighted by Crippen LogP contribution is 2.12. The van der Waals surface area contributed by atoms with Gasteiger partial charge in [0.1, 0.15) is 11.6 Å². The first-order valence-corrected chi connectivity index (χ1v) is 7.13. The Morgan fingerprint density at radius 2 is 1.47 bits per heavy atom. The molecular weight excluding hydrogens is 236 g/mol. The van der Waals surface area contributed by atoms with Gasteiger partial charge in [0.2, 0.25) is 0 Å². The van der Waals surface area contributed by atoms with E-state index in [0.29, 0.717) is 18.6 Å². The van der Waals surface area contributed by atoms with Gasteiger partial charge in [-0.2, -0.15) is 0 Å². The fraction of sp³-hybridized carbons (Fsp3) is 0.529. The number of hydrogen-bond acceptors (Lipinski definition) is 2. The van der Waals surface area contributed by atoms with Gasteiger partial charge in [0.15, 0.2) is 0 Å². The van der Waals surface area contributed by atoms with Gasteiger partial charge in [-0.1, -0.05) is 38.1 Å². The number of ketones is 2. The minimum Gasteiger partial charge on any atom is -0.300 e. The second-order valence-electron chi connectivity index (χ2n) is 5.29. The lowest BCUT2D eigenvalue weighted by Gasteiger charge is -2.07. The zero-order chi connectivity index (χ0) is 14.3. The molecule has 0 N–H and O–H groups in total. The quantitative estimate of drug-likeness (QED) is 0.713. The second kappa shape index (κ2) is 7.88. The van der Waals surface area contributed by atoms with E-state index < -0.39 is 0 Å². The zero-order valence-electron chi connectivity index (χ0n) is 12.2. The molecule has 0 aliphatic rings. The van der Waals surface area contributed by atoms with E-state index in [1.807, 2.05) is 13.8 Å². The van der Waals surface area contributed by atoms with Crippen molar-refractivity contribution in [1.82, 2.24) is 0 Å². The Hall–Kier alpha value is -1.44. The summed E-state index contributed by atoms with van der Waals surface area (Å²) in [7, 11) is 0. The minimum atomic E-state index is 0.176. The van der Waals surface area contributed by atoms with E-state index in [1.54, 1.807) is 6.92 Å². The largest absolute Gasteiger partial charge is 0.300 e. The third kappa shape index (κ3) is 5.82. The summed E-state index contributed by atoms with van der Waals surface area (Å²) in [6.45, 7) is 5.66. The van der Waals surface area contributed by atoms with E-state index in [2.05, 4.69) is 24.3 Å². The van der Waals surface area contributed by atoms with Crippen LogP contribution in [0.15, 0.2) is 24.3 Å². The summed E-state index contributed by atoms with van der Waals surface area (Å²) < 4.78 is 0. The molecule has 1 rings (SSSR count). The average molecular weight is 260 g/mol. The molecule has 0 spiro atoms. The Balaban J connectivity index is 2.44. The van der Waals surface area contributed by atoms with Crippen molar-refractivity contribution in [3.05, 3.63) is 35.4 Å². The van der Waals surface area contributed by atoms with Crippen molar-refractivity contribution in [3.8, 4) is 0 Å². The molecule has 1 aromatic rings. The highest BCUT2D eigenvalue weighted by Gasteiger charge is 2.10. The van der Waals surface area contributed by atoms with Gasteiger partial charge in [-0.15, -0.1) is 0 Å². The lowest BCUT2D eigenvalue weighted by Crippen LogP contribution is -2.10. The third-order valence-electron chi connectivity index (χ3n) is 3.61. The van der Waals surface area contributed by atoms with Gasteiger partial charge in [-0.3, -0.25) is 4.79 Å². The maximum absolute atomic E-state index is 11.8. The summed E-state index contributed by atoms with van der Waals surface area (Å²) >= 11 is 0. The fourth-order valence-electron chi connectivity index (χ4n) is 1.93. The number of aryl methyl sites for hydroxylation is 2. The lowest BCUT2D eigenvalue weighted by atomic mass is 9.97. The normalized spacial score (nSPS) is 12.2.